The van der Waals surface area contributed by atoms with E-state index in [1.165, 1.54) is 0 Å². The summed E-state index contributed by atoms with van der Waals surface area (Å²) in [5.41, 5.74) is 6.16. The van der Waals surface area contributed by atoms with Crippen LogP contribution in [0.4, 0.5) is 0 Å². The zero-order chi connectivity index (χ0) is 14.3. The summed E-state index contributed by atoms with van der Waals surface area (Å²) in [6.45, 7) is 7.81. The molecule has 0 bridgehead atoms. The Labute approximate surface area is 122 Å². The second-order valence-corrected chi connectivity index (χ2v) is 4.86. The standard InChI is InChI=1S/C13H20BrN3O2/c1-3-17(4-2)7-8-19-12-6-5-10(9-11(12)14)13(15)16-18/h5-6,9,18H,3-4,7-8H2,1-2H3,(H2,15,16). The highest BCUT2D eigenvalue weighted by atomic mass is 79.9. The number of nitrogens with zero attached hydrogens (tertiary/aromatic N) is 2. The number of nitrogens with two attached hydrogens (primary N) is 1. The van der Waals surface area contributed by atoms with Gasteiger partial charge in [0.05, 0.1) is 4.47 Å². The van der Waals surface area contributed by atoms with Crippen molar-refractivity contribution in [3.05, 3.63) is 28.2 Å². The number of oxime groups is 1. The van der Waals surface area contributed by atoms with Gasteiger partial charge in [-0.05, 0) is 47.2 Å². The molecule has 0 fully saturated rings. The van der Waals surface area contributed by atoms with Gasteiger partial charge in [0.2, 0.25) is 0 Å². The lowest BCUT2D eigenvalue weighted by atomic mass is 10.2. The molecule has 0 saturated heterocycles. The minimum absolute atomic E-state index is 0.0791. The van der Waals surface area contributed by atoms with E-state index < -0.39 is 0 Å². The van der Waals surface area contributed by atoms with Crippen LogP contribution >= 0.6 is 15.9 Å². The number of amidine groups is 1. The predicted octanol–water partition coefficient (Wildman–Crippen LogP) is 2.26. The Morgan fingerprint density at radius 2 is 2.11 bits per heavy atom. The predicted molar refractivity (Wildman–Crippen MR) is 79.9 cm³/mol. The van der Waals surface area contributed by atoms with Gasteiger partial charge in [0, 0.05) is 12.1 Å². The summed E-state index contributed by atoms with van der Waals surface area (Å²) < 4.78 is 6.50. The number of ether oxygens (including phenoxy) is 1. The summed E-state index contributed by atoms with van der Waals surface area (Å²) >= 11 is 3.42. The molecule has 0 aromatic heterocycles. The van der Waals surface area contributed by atoms with Crippen LogP contribution in [-0.4, -0.2) is 42.2 Å². The molecule has 0 aliphatic rings. The van der Waals surface area contributed by atoms with Crippen LogP contribution in [0.1, 0.15) is 19.4 Å². The van der Waals surface area contributed by atoms with Gasteiger partial charge in [0.15, 0.2) is 5.84 Å². The van der Waals surface area contributed by atoms with E-state index in [1.807, 2.05) is 0 Å². The van der Waals surface area contributed by atoms with E-state index in [4.69, 9.17) is 15.7 Å². The first-order valence-electron chi connectivity index (χ1n) is 6.24. The molecule has 19 heavy (non-hydrogen) atoms. The number of hydrogen-bond donors (Lipinski definition) is 2. The Hall–Kier alpha value is -1.27. The van der Waals surface area contributed by atoms with E-state index in [9.17, 15) is 0 Å². The van der Waals surface area contributed by atoms with Gasteiger partial charge in [0.25, 0.3) is 0 Å². The Bertz CT molecular complexity index is 434. The Kier molecular flexibility index (Phi) is 6.66. The third-order valence-corrected chi connectivity index (χ3v) is 3.51. The van der Waals surface area contributed by atoms with Crippen molar-refractivity contribution in [2.45, 2.75) is 13.8 Å². The van der Waals surface area contributed by atoms with Crippen LogP contribution < -0.4 is 10.5 Å². The average Bonchev–Trinajstić information content (AvgIpc) is 2.44. The molecular weight excluding hydrogens is 310 g/mol. The lowest BCUT2D eigenvalue weighted by Crippen LogP contribution is -2.27. The lowest BCUT2D eigenvalue weighted by Gasteiger charge is -2.18. The topological polar surface area (TPSA) is 71.1 Å². The molecule has 1 aromatic rings. The van der Waals surface area contributed by atoms with Crippen molar-refractivity contribution in [2.75, 3.05) is 26.2 Å². The smallest absolute Gasteiger partial charge is 0.170 e. The molecule has 0 aliphatic carbocycles. The summed E-state index contributed by atoms with van der Waals surface area (Å²) in [6.07, 6.45) is 0. The number of halogens is 1. The molecule has 5 nitrogen and oxygen atoms in total. The Balaban J connectivity index is 2.60. The van der Waals surface area contributed by atoms with Gasteiger partial charge in [-0.3, -0.25) is 0 Å². The lowest BCUT2D eigenvalue weighted by molar-refractivity contribution is 0.222. The maximum atomic E-state index is 8.62. The summed E-state index contributed by atoms with van der Waals surface area (Å²) in [5, 5.41) is 11.6. The summed E-state index contributed by atoms with van der Waals surface area (Å²) in [7, 11) is 0. The van der Waals surface area contributed by atoms with Gasteiger partial charge < -0.3 is 20.6 Å². The van der Waals surface area contributed by atoms with E-state index in [1.54, 1.807) is 18.2 Å². The van der Waals surface area contributed by atoms with E-state index in [2.05, 4.69) is 39.8 Å². The van der Waals surface area contributed by atoms with Crippen molar-refractivity contribution >= 4 is 21.8 Å². The van der Waals surface area contributed by atoms with Crippen LogP contribution in [0.15, 0.2) is 27.8 Å². The van der Waals surface area contributed by atoms with Crippen LogP contribution in [-0.2, 0) is 0 Å². The fraction of sp³-hybridized carbons (Fsp3) is 0.462. The molecule has 0 spiro atoms. The maximum absolute atomic E-state index is 8.62. The molecule has 0 unspecified atom stereocenters. The van der Waals surface area contributed by atoms with Crippen LogP contribution in [0.2, 0.25) is 0 Å². The monoisotopic (exact) mass is 329 g/mol. The van der Waals surface area contributed by atoms with Crippen molar-refractivity contribution in [1.29, 1.82) is 0 Å². The maximum Gasteiger partial charge on any atom is 0.170 e. The SMILES string of the molecule is CCN(CC)CCOc1ccc(/C(N)=N/O)cc1Br. The number of likely N-dealkylation sites (N-methyl/N-ethyl adjacent to an activating group) is 1. The first-order chi connectivity index (χ1) is 9.12. The van der Waals surface area contributed by atoms with E-state index in [-0.39, 0.29) is 5.84 Å². The largest absolute Gasteiger partial charge is 0.491 e. The fourth-order valence-corrected chi connectivity index (χ4v) is 2.15. The summed E-state index contributed by atoms with van der Waals surface area (Å²) in [6, 6.07) is 5.33. The van der Waals surface area contributed by atoms with E-state index in [0.29, 0.717) is 12.2 Å². The second-order valence-electron chi connectivity index (χ2n) is 4.01. The molecular formula is C13H20BrN3O2. The molecule has 0 atom stereocenters. The summed E-state index contributed by atoms with van der Waals surface area (Å²) in [4.78, 5) is 2.29. The van der Waals surface area contributed by atoms with Crippen molar-refractivity contribution in [3.63, 3.8) is 0 Å². The van der Waals surface area contributed by atoms with Crippen LogP contribution in [0.5, 0.6) is 5.75 Å². The molecule has 0 aliphatic heterocycles. The molecule has 0 radical (unpaired) electrons. The van der Waals surface area contributed by atoms with Crippen molar-refractivity contribution < 1.29 is 9.94 Å². The number of hydrogen-bond acceptors (Lipinski definition) is 4. The van der Waals surface area contributed by atoms with Gasteiger partial charge >= 0.3 is 0 Å². The Morgan fingerprint density at radius 3 is 2.63 bits per heavy atom. The molecule has 106 valence electrons. The Morgan fingerprint density at radius 1 is 1.42 bits per heavy atom. The molecule has 0 saturated carbocycles. The average molecular weight is 330 g/mol. The highest BCUT2D eigenvalue weighted by Gasteiger charge is 2.06. The van der Waals surface area contributed by atoms with Crippen molar-refractivity contribution in [1.82, 2.24) is 4.90 Å². The van der Waals surface area contributed by atoms with E-state index >= 15 is 0 Å². The van der Waals surface area contributed by atoms with Crippen LogP contribution in [0, 0.1) is 0 Å². The summed E-state index contributed by atoms with van der Waals surface area (Å²) in [5.74, 6) is 0.831. The number of benzene rings is 1. The quantitative estimate of drug-likeness (QED) is 0.348. The first-order valence-corrected chi connectivity index (χ1v) is 7.04. The van der Waals surface area contributed by atoms with Crippen LogP contribution in [0.3, 0.4) is 0 Å². The van der Waals surface area contributed by atoms with Gasteiger partial charge in [-0.2, -0.15) is 0 Å². The fourth-order valence-electron chi connectivity index (χ4n) is 1.66. The van der Waals surface area contributed by atoms with Gasteiger partial charge in [-0.15, -0.1) is 0 Å². The zero-order valence-corrected chi connectivity index (χ0v) is 12.9. The number of rotatable bonds is 7. The second kappa shape index (κ2) is 8.01. The molecule has 0 amide bonds. The van der Waals surface area contributed by atoms with Gasteiger partial charge in [0.1, 0.15) is 12.4 Å². The first kappa shape index (κ1) is 15.8. The molecule has 0 heterocycles. The van der Waals surface area contributed by atoms with Crippen molar-refractivity contribution in [3.8, 4) is 5.75 Å². The zero-order valence-electron chi connectivity index (χ0n) is 11.3. The van der Waals surface area contributed by atoms with Gasteiger partial charge in [-0.25, -0.2) is 0 Å². The third-order valence-electron chi connectivity index (χ3n) is 2.89. The molecule has 1 aromatic carbocycles. The minimum Gasteiger partial charge on any atom is -0.491 e. The molecule has 6 heteroatoms. The highest BCUT2D eigenvalue weighted by Crippen LogP contribution is 2.25. The highest BCUT2D eigenvalue weighted by molar-refractivity contribution is 9.10. The van der Waals surface area contributed by atoms with Crippen molar-refractivity contribution in [2.24, 2.45) is 10.9 Å². The van der Waals surface area contributed by atoms with Gasteiger partial charge in [-0.1, -0.05) is 19.0 Å². The molecule has 3 N–H and O–H groups in total. The van der Waals surface area contributed by atoms with Crippen LogP contribution in [0.25, 0.3) is 0 Å². The molecule has 1 rings (SSSR count). The third kappa shape index (κ3) is 4.72. The minimum atomic E-state index is 0.0791. The van der Waals surface area contributed by atoms with E-state index in [0.717, 1.165) is 29.9 Å². The normalized spacial score (nSPS) is 11.9.